The molecule has 0 saturated heterocycles. The molecule has 7 heteroatoms. The molecule has 2 aromatic carbocycles. The van der Waals surface area contributed by atoms with Crippen LogP contribution in [-0.4, -0.2) is 17.1 Å². The number of fused-ring (bicyclic) bond motifs is 1. The monoisotopic (exact) mass is 345 g/mol. The first-order chi connectivity index (χ1) is 11.9. The number of halogens is 3. The van der Waals surface area contributed by atoms with Crippen LogP contribution in [0.15, 0.2) is 59.8 Å². The number of aromatic nitrogens is 1. The molecule has 128 valence electrons. The minimum Gasteiger partial charge on any atom is -0.361 e. The second-order valence-electron chi connectivity index (χ2n) is 5.46. The third-order valence-corrected chi connectivity index (χ3v) is 3.63. The highest BCUT2D eigenvalue weighted by molar-refractivity contribution is 5.99. The Morgan fingerprint density at radius 3 is 2.76 bits per heavy atom. The van der Waals surface area contributed by atoms with Crippen LogP contribution in [0.3, 0.4) is 0 Å². The number of carbonyl (C=O) groups excluding carboxylic acids is 1. The molecule has 0 radical (unpaired) electrons. The molecular formula is C18H14F3N3O. The van der Waals surface area contributed by atoms with Crippen LogP contribution in [0.5, 0.6) is 0 Å². The number of H-pyrrole nitrogens is 1. The van der Waals surface area contributed by atoms with Crippen molar-refractivity contribution in [2.24, 2.45) is 5.10 Å². The SMILES string of the molecule is O=C(Cc1cccc(C(F)(F)F)c1)N/N=C\c1c[nH]c2ccccc12. The number of para-hydroxylation sites is 1. The molecule has 4 nitrogen and oxygen atoms in total. The molecule has 0 atom stereocenters. The highest BCUT2D eigenvalue weighted by Crippen LogP contribution is 2.29. The zero-order valence-electron chi connectivity index (χ0n) is 13.0. The molecular weight excluding hydrogens is 331 g/mol. The predicted octanol–water partition coefficient (Wildman–Crippen LogP) is 3.88. The number of carbonyl (C=O) groups is 1. The summed E-state index contributed by atoms with van der Waals surface area (Å²) in [6, 6.07) is 12.3. The van der Waals surface area contributed by atoms with E-state index in [9.17, 15) is 18.0 Å². The second kappa shape index (κ2) is 6.80. The molecule has 1 amide bonds. The molecule has 1 aromatic heterocycles. The average molecular weight is 345 g/mol. The summed E-state index contributed by atoms with van der Waals surface area (Å²) in [5.41, 5.74) is 3.57. The fraction of sp³-hybridized carbons (Fsp3) is 0.111. The molecule has 0 fully saturated rings. The van der Waals surface area contributed by atoms with Crippen molar-refractivity contribution in [1.82, 2.24) is 10.4 Å². The number of aromatic amines is 1. The van der Waals surface area contributed by atoms with Crippen LogP contribution >= 0.6 is 0 Å². The van der Waals surface area contributed by atoms with Gasteiger partial charge in [0, 0.05) is 22.7 Å². The summed E-state index contributed by atoms with van der Waals surface area (Å²) in [6.07, 6.45) is -1.37. The van der Waals surface area contributed by atoms with Gasteiger partial charge in [-0.15, -0.1) is 0 Å². The quantitative estimate of drug-likeness (QED) is 0.547. The lowest BCUT2D eigenvalue weighted by Gasteiger charge is -2.08. The molecule has 3 rings (SSSR count). The van der Waals surface area contributed by atoms with Crippen LogP contribution in [0.2, 0.25) is 0 Å². The Morgan fingerprint density at radius 1 is 1.16 bits per heavy atom. The Labute approximate surface area is 141 Å². The summed E-state index contributed by atoms with van der Waals surface area (Å²) in [5.74, 6) is -0.490. The Balaban J connectivity index is 1.63. The van der Waals surface area contributed by atoms with Gasteiger partial charge in [0.1, 0.15) is 0 Å². The van der Waals surface area contributed by atoms with E-state index in [1.54, 1.807) is 6.20 Å². The van der Waals surface area contributed by atoms with E-state index in [4.69, 9.17) is 0 Å². The van der Waals surface area contributed by atoms with Crippen LogP contribution in [0.25, 0.3) is 10.9 Å². The summed E-state index contributed by atoms with van der Waals surface area (Å²) in [6.45, 7) is 0. The summed E-state index contributed by atoms with van der Waals surface area (Å²) >= 11 is 0. The van der Waals surface area contributed by atoms with Crippen LogP contribution < -0.4 is 5.43 Å². The average Bonchev–Trinajstić information content (AvgIpc) is 2.98. The zero-order chi connectivity index (χ0) is 17.9. The standard InChI is InChI=1S/C18H14F3N3O/c19-18(20,21)14-5-3-4-12(8-14)9-17(25)24-23-11-13-10-22-16-7-2-1-6-15(13)16/h1-8,10-11,22H,9H2,(H,24,25)/b23-11-. The Hall–Kier alpha value is -3.09. The fourth-order valence-corrected chi connectivity index (χ4v) is 2.46. The molecule has 25 heavy (non-hydrogen) atoms. The first-order valence-electron chi connectivity index (χ1n) is 7.47. The first kappa shape index (κ1) is 16.8. The molecule has 0 spiro atoms. The number of amides is 1. The van der Waals surface area contributed by atoms with E-state index in [0.717, 1.165) is 28.6 Å². The molecule has 2 N–H and O–H groups in total. The van der Waals surface area contributed by atoms with Gasteiger partial charge in [0.05, 0.1) is 18.2 Å². The fourth-order valence-electron chi connectivity index (χ4n) is 2.46. The largest absolute Gasteiger partial charge is 0.416 e. The summed E-state index contributed by atoms with van der Waals surface area (Å²) in [7, 11) is 0. The maximum absolute atomic E-state index is 12.7. The van der Waals surface area contributed by atoms with E-state index in [1.165, 1.54) is 18.3 Å². The smallest absolute Gasteiger partial charge is 0.361 e. The maximum Gasteiger partial charge on any atom is 0.416 e. The van der Waals surface area contributed by atoms with Gasteiger partial charge in [-0.1, -0.05) is 36.4 Å². The van der Waals surface area contributed by atoms with Crippen molar-refractivity contribution in [2.45, 2.75) is 12.6 Å². The number of hydrazone groups is 1. The highest BCUT2D eigenvalue weighted by atomic mass is 19.4. The van der Waals surface area contributed by atoms with Crippen molar-refractivity contribution in [3.05, 3.63) is 71.4 Å². The molecule has 0 saturated carbocycles. The molecule has 3 aromatic rings. The topological polar surface area (TPSA) is 57.2 Å². The molecule has 0 aliphatic heterocycles. The van der Waals surface area contributed by atoms with Crippen molar-refractivity contribution >= 4 is 23.0 Å². The number of nitrogens with one attached hydrogen (secondary N) is 2. The number of rotatable bonds is 4. The van der Waals surface area contributed by atoms with Crippen molar-refractivity contribution in [1.29, 1.82) is 0 Å². The van der Waals surface area contributed by atoms with Gasteiger partial charge in [-0.05, 0) is 17.7 Å². The van der Waals surface area contributed by atoms with Crippen LogP contribution in [0, 0.1) is 0 Å². The first-order valence-corrected chi connectivity index (χ1v) is 7.47. The lowest BCUT2D eigenvalue weighted by atomic mass is 10.1. The van der Waals surface area contributed by atoms with Crippen molar-refractivity contribution in [3.8, 4) is 0 Å². The summed E-state index contributed by atoms with van der Waals surface area (Å²) in [4.78, 5) is 14.9. The van der Waals surface area contributed by atoms with Gasteiger partial charge < -0.3 is 4.98 Å². The summed E-state index contributed by atoms with van der Waals surface area (Å²) < 4.78 is 38.0. The van der Waals surface area contributed by atoms with Gasteiger partial charge in [0.15, 0.2) is 0 Å². The van der Waals surface area contributed by atoms with Crippen LogP contribution in [0.4, 0.5) is 13.2 Å². The maximum atomic E-state index is 12.7. The lowest BCUT2D eigenvalue weighted by molar-refractivity contribution is -0.137. The van der Waals surface area contributed by atoms with Crippen LogP contribution in [-0.2, 0) is 17.4 Å². The number of hydrogen-bond acceptors (Lipinski definition) is 2. The second-order valence-corrected chi connectivity index (χ2v) is 5.46. The molecule has 1 heterocycles. The molecule has 0 unspecified atom stereocenters. The predicted molar refractivity (Wildman–Crippen MR) is 89.2 cm³/mol. The molecule has 0 bridgehead atoms. The number of nitrogens with zero attached hydrogens (tertiary/aromatic N) is 1. The van der Waals surface area contributed by atoms with Gasteiger partial charge in [-0.2, -0.15) is 18.3 Å². The van der Waals surface area contributed by atoms with Gasteiger partial charge in [0.25, 0.3) is 0 Å². The van der Waals surface area contributed by atoms with E-state index in [2.05, 4.69) is 15.5 Å². The van der Waals surface area contributed by atoms with Gasteiger partial charge in [-0.25, -0.2) is 5.43 Å². The third kappa shape index (κ3) is 4.06. The number of alkyl halides is 3. The Bertz CT molecular complexity index is 928. The van der Waals surface area contributed by atoms with Crippen LogP contribution in [0.1, 0.15) is 16.7 Å². The van der Waals surface area contributed by atoms with E-state index in [1.807, 2.05) is 24.3 Å². The van der Waals surface area contributed by atoms with E-state index in [-0.39, 0.29) is 12.0 Å². The highest BCUT2D eigenvalue weighted by Gasteiger charge is 2.30. The van der Waals surface area contributed by atoms with E-state index >= 15 is 0 Å². The Morgan fingerprint density at radius 2 is 1.96 bits per heavy atom. The third-order valence-electron chi connectivity index (χ3n) is 3.63. The zero-order valence-corrected chi connectivity index (χ0v) is 13.0. The van der Waals surface area contributed by atoms with Gasteiger partial charge in [0.2, 0.25) is 5.91 Å². The van der Waals surface area contributed by atoms with Gasteiger partial charge >= 0.3 is 6.18 Å². The van der Waals surface area contributed by atoms with Crippen molar-refractivity contribution < 1.29 is 18.0 Å². The van der Waals surface area contributed by atoms with E-state index < -0.39 is 17.6 Å². The van der Waals surface area contributed by atoms with Gasteiger partial charge in [-0.3, -0.25) is 4.79 Å². The lowest BCUT2D eigenvalue weighted by Crippen LogP contribution is -2.20. The molecule has 0 aliphatic rings. The minimum absolute atomic E-state index is 0.185. The molecule has 0 aliphatic carbocycles. The summed E-state index contributed by atoms with van der Waals surface area (Å²) in [5, 5.41) is 4.82. The van der Waals surface area contributed by atoms with E-state index in [0.29, 0.717) is 0 Å². The van der Waals surface area contributed by atoms with Crippen molar-refractivity contribution in [2.75, 3.05) is 0 Å². The number of benzene rings is 2. The van der Waals surface area contributed by atoms with Crippen molar-refractivity contribution in [3.63, 3.8) is 0 Å². The number of hydrogen-bond donors (Lipinski definition) is 2. The minimum atomic E-state index is -4.43. The normalized spacial score (nSPS) is 12.0. The Kier molecular flexibility index (Phi) is 4.56.